The summed E-state index contributed by atoms with van der Waals surface area (Å²) in [7, 11) is 0. The summed E-state index contributed by atoms with van der Waals surface area (Å²) in [5.74, 6) is 3.77. The molecule has 0 spiro atoms. The highest BCUT2D eigenvalue weighted by Gasteiger charge is 2.40. The number of hydrogen-bond donors (Lipinski definition) is 0. The second-order valence-electron chi connectivity index (χ2n) is 4.20. The lowest BCUT2D eigenvalue weighted by Gasteiger charge is -2.41. The first kappa shape index (κ1) is 6.05. The summed E-state index contributed by atoms with van der Waals surface area (Å²) in [6.45, 7) is 0. The average molecular weight is 146 g/mol. The van der Waals surface area contributed by atoms with Crippen LogP contribution in [-0.2, 0) is 0 Å². The largest absolute Gasteiger partial charge is 0.0879 e. The summed E-state index contributed by atoms with van der Waals surface area (Å²) in [4.78, 5) is 0. The molecule has 0 N–H and O–H groups in total. The molecule has 0 radical (unpaired) electrons. The van der Waals surface area contributed by atoms with Crippen molar-refractivity contribution in [1.29, 1.82) is 0 Å². The molecule has 0 saturated heterocycles. The summed E-state index contributed by atoms with van der Waals surface area (Å²) < 4.78 is 0. The minimum Gasteiger partial charge on any atom is -0.0879 e. The van der Waals surface area contributed by atoms with Crippen molar-refractivity contribution in [3.8, 4) is 0 Å². The third-order valence-corrected chi connectivity index (χ3v) is 3.74. The van der Waals surface area contributed by atoms with E-state index in [1.165, 1.54) is 19.3 Å². The standard InChI is InChI=1S/C11H14/c1-2-10-8-4-6-9(7-5-8)11(10)3-1/h1-2,4,6,8-11H,3,5,7H2/t8-,9-,10-,11+/m1/s1. The first-order chi connectivity index (χ1) is 5.45. The molecule has 0 heterocycles. The summed E-state index contributed by atoms with van der Waals surface area (Å²) in [6, 6.07) is 0. The van der Waals surface area contributed by atoms with Crippen LogP contribution in [0.2, 0.25) is 0 Å². The van der Waals surface area contributed by atoms with Crippen molar-refractivity contribution < 1.29 is 0 Å². The Morgan fingerprint density at radius 3 is 2.45 bits per heavy atom. The highest BCUT2D eigenvalue weighted by Crippen LogP contribution is 2.49. The Balaban J connectivity index is 2.01. The Hall–Kier alpha value is -0.520. The summed E-state index contributed by atoms with van der Waals surface area (Å²) in [5.41, 5.74) is 0. The normalized spacial score (nSPS) is 51.6. The molecule has 0 aliphatic heterocycles. The fourth-order valence-corrected chi connectivity index (χ4v) is 3.15. The predicted octanol–water partition coefficient (Wildman–Crippen LogP) is 2.77. The molecule has 2 bridgehead atoms. The molecule has 4 aliphatic carbocycles. The molecule has 1 fully saturated rings. The number of allylic oxidation sites excluding steroid dienone is 4. The van der Waals surface area contributed by atoms with E-state index in [-0.39, 0.29) is 0 Å². The lowest BCUT2D eigenvalue weighted by molar-refractivity contribution is 0.173. The van der Waals surface area contributed by atoms with Crippen LogP contribution >= 0.6 is 0 Å². The van der Waals surface area contributed by atoms with Gasteiger partial charge < -0.3 is 0 Å². The van der Waals surface area contributed by atoms with Crippen LogP contribution in [0, 0.1) is 23.7 Å². The van der Waals surface area contributed by atoms with Crippen LogP contribution in [0.1, 0.15) is 19.3 Å². The van der Waals surface area contributed by atoms with Crippen LogP contribution in [0.4, 0.5) is 0 Å². The molecular formula is C11H14. The first-order valence-corrected chi connectivity index (χ1v) is 4.80. The van der Waals surface area contributed by atoms with E-state index in [0.717, 1.165) is 23.7 Å². The Morgan fingerprint density at radius 2 is 1.73 bits per heavy atom. The van der Waals surface area contributed by atoms with Gasteiger partial charge in [-0.3, -0.25) is 0 Å². The second-order valence-corrected chi connectivity index (χ2v) is 4.20. The van der Waals surface area contributed by atoms with Gasteiger partial charge in [-0.05, 0) is 42.9 Å². The third kappa shape index (κ3) is 0.702. The third-order valence-electron chi connectivity index (χ3n) is 3.74. The fraction of sp³-hybridized carbons (Fsp3) is 0.636. The molecule has 0 amide bonds. The fourth-order valence-electron chi connectivity index (χ4n) is 3.15. The highest BCUT2D eigenvalue weighted by atomic mass is 14.4. The Morgan fingerprint density at radius 1 is 0.909 bits per heavy atom. The van der Waals surface area contributed by atoms with E-state index in [2.05, 4.69) is 24.3 Å². The zero-order chi connectivity index (χ0) is 7.26. The Kier molecular flexibility index (Phi) is 1.10. The Labute approximate surface area is 68.0 Å². The highest BCUT2D eigenvalue weighted by molar-refractivity contribution is 5.18. The van der Waals surface area contributed by atoms with Crippen molar-refractivity contribution in [1.82, 2.24) is 0 Å². The Bertz CT molecular complexity index is 224. The van der Waals surface area contributed by atoms with Gasteiger partial charge in [0.15, 0.2) is 0 Å². The SMILES string of the molecule is C1=C[C@H]2[C@@H](C1)[C@@H]1C=C[C@@H]2CC1. The smallest absolute Gasteiger partial charge is 0.0134 e. The second kappa shape index (κ2) is 2.00. The van der Waals surface area contributed by atoms with Crippen molar-refractivity contribution in [3.63, 3.8) is 0 Å². The average Bonchev–Trinajstić information content (AvgIpc) is 2.55. The molecule has 0 aromatic rings. The molecule has 0 heteroatoms. The van der Waals surface area contributed by atoms with Gasteiger partial charge in [-0.15, -0.1) is 0 Å². The quantitative estimate of drug-likeness (QED) is 0.461. The van der Waals surface area contributed by atoms with Gasteiger partial charge in [0.05, 0.1) is 0 Å². The monoisotopic (exact) mass is 146 g/mol. The van der Waals surface area contributed by atoms with Crippen molar-refractivity contribution in [3.05, 3.63) is 24.3 Å². The topological polar surface area (TPSA) is 0 Å². The maximum atomic E-state index is 2.47. The minimum atomic E-state index is 0.906. The molecule has 4 rings (SSSR count). The maximum absolute atomic E-state index is 2.47. The van der Waals surface area contributed by atoms with E-state index >= 15 is 0 Å². The van der Waals surface area contributed by atoms with Crippen molar-refractivity contribution in [2.24, 2.45) is 23.7 Å². The maximum Gasteiger partial charge on any atom is -0.0134 e. The van der Waals surface area contributed by atoms with Crippen LogP contribution in [0.3, 0.4) is 0 Å². The molecule has 0 nitrogen and oxygen atoms in total. The molecule has 58 valence electrons. The van der Waals surface area contributed by atoms with Crippen molar-refractivity contribution in [2.75, 3.05) is 0 Å². The van der Waals surface area contributed by atoms with E-state index < -0.39 is 0 Å². The molecule has 4 aliphatic rings. The van der Waals surface area contributed by atoms with Gasteiger partial charge in [0.25, 0.3) is 0 Å². The number of fused-ring (bicyclic) bond motifs is 1. The first-order valence-electron chi connectivity index (χ1n) is 4.80. The number of hydrogen-bond acceptors (Lipinski definition) is 0. The van der Waals surface area contributed by atoms with E-state index in [9.17, 15) is 0 Å². The van der Waals surface area contributed by atoms with Crippen LogP contribution < -0.4 is 0 Å². The van der Waals surface area contributed by atoms with Crippen LogP contribution in [0.25, 0.3) is 0 Å². The minimum absolute atomic E-state index is 0.906. The molecule has 4 atom stereocenters. The van der Waals surface area contributed by atoms with Gasteiger partial charge in [-0.25, -0.2) is 0 Å². The summed E-state index contributed by atoms with van der Waals surface area (Å²) in [6.07, 6.45) is 14.1. The van der Waals surface area contributed by atoms with Gasteiger partial charge >= 0.3 is 0 Å². The molecule has 0 aromatic heterocycles. The van der Waals surface area contributed by atoms with Gasteiger partial charge in [0, 0.05) is 0 Å². The van der Waals surface area contributed by atoms with E-state index in [4.69, 9.17) is 0 Å². The summed E-state index contributed by atoms with van der Waals surface area (Å²) >= 11 is 0. The molecule has 11 heavy (non-hydrogen) atoms. The van der Waals surface area contributed by atoms with Gasteiger partial charge in [-0.1, -0.05) is 24.3 Å². The summed E-state index contributed by atoms with van der Waals surface area (Å²) in [5, 5.41) is 0. The number of rotatable bonds is 0. The van der Waals surface area contributed by atoms with E-state index in [1.807, 2.05) is 0 Å². The molecule has 1 saturated carbocycles. The zero-order valence-electron chi connectivity index (χ0n) is 6.74. The van der Waals surface area contributed by atoms with Gasteiger partial charge in [-0.2, -0.15) is 0 Å². The van der Waals surface area contributed by atoms with Crippen LogP contribution in [0.15, 0.2) is 24.3 Å². The van der Waals surface area contributed by atoms with Gasteiger partial charge in [0.1, 0.15) is 0 Å². The lowest BCUT2D eigenvalue weighted by atomic mass is 9.64. The molecular weight excluding hydrogens is 132 g/mol. The molecule has 0 unspecified atom stereocenters. The van der Waals surface area contributed by atoms with Crippen molar-refractivity contribution >= 4 is 0 Å². The van der Waals surface area contributed by atoms with Crippen molar-refractivity contribution in [2.45, 2.75) is 19.3 Å². The lowest BCUT2D eigenvalue weighted by Crippen LogP contribution is -2.33. The van der Waals surface area contributed by atoms with Gasteiger partial charge in [0.2, 0.25) is 0 Å². The van der Waals surface area contributed by atoms with E-state index in [0.29, 0.717) is 0 Å². The molecule has 0 aromatic carbocycles. The van der Waals surface area contributed by atoms with Crippen LogP contribution in [0.5, 0.6) is 0 Å². The van der Waals surface area contributed by atoms with Crippen LogP contribution in [-0.4, -0.2) is 0 Å². The van der Waals surface area contributed by atoms with E-state index in [1.54, 1.807) is 0 Å². The zero-order valence-corrected chi connectivity index (χ0v) is 6.74. The predicted molar refractivity (Wildman–Crippen MR) is 46.1 cm³/mol.